The molecule has 0 unspecified atom stereocenters. The molecule has 126 valence electrons. The van der Waals surface area contributed by atoms with Crippen LogP contribution in [0.15, 0.2) is 17.1 Å². The van der Waals surface area contributed by atoms with Crippen LogP contribution in [0.5, 0.6) is 0 Å². The number of nitrogens with one attached hydrogen (secondary N) is 3. The molecule has 1 saturated heterocycles. The summed E-state index contributed by atoms with van der Waals surface area (Å²) >= 11 is 5.72. The standard InChI is InChI=1S/C15H21ClN4O3/c1-17-13(21)6-10-3-4-11(20(10)2)8-19-14(22)9-5-12(16)15(23)18-7-9/h5,7,10-11H,3-4,6,8H2,1-2H3,(H,17,21)(H,18,23)(H,19,22)/t10-,11+/m1/s1. The maximum absolute atomic E-state index is 12.1. The van der Waals surface area contributed by atoms with Crippen LogP contribution in [-0.2, 0) is 4.79 Å². The molecule has 2 rings (SSSR count). The number of pyridine rings is 1. The fourth-order valence-electron chi connectivity index (χ4n) is 2.80. The number of aromatic amines is 1. The molecule has 0 spiro atoms. The summed E-state index contributed by atoms with van der Waals surface area (Å²) < 4.78 is 0. The number of carbonyl (C=O) groups is 2. The van der Waals surface area contributed by atoms with Gasteiger partial charge < -0.3 is 15.6 Å². The molecule has 0 aromatic carbocycles. The van der Waals surface area contributed by atoms with Gasteiger partial charge in [-0.1, -0.05) is 11.6 Å². The van der Waals surface area contributed by atoms with Crippen LogP contribution in [0.4, 0.5) is 0 Å². The maximum atomic E-state index is 12.1. The Balaban J connectivity index is 1.88. The number of carbonyl (C=O) groups excluding carboxylic acids is 2. The molecule has 8 heteroatoms. The topological polar surface area (TPSA) is 94.3 Å². The Bertz CT molecular complexity index is 646. The third-order valence-corrected chi connectivity index (χ3v) is 4.58. The van der Waals surface area contributed by atoms with Gasteiger partial charge in [-0.05, 0) is 26.0 Å². The van der Waals surface area contributed by atoms with E-state index in [-0.39, 0.29) is 28.9 Å². The Morgan fingerprint density at radius 2 is 2.09 bits per heavy atom. The number of aromatic nitrogens is 1. The van der Waals surface area contributed by atoms with Crippen molar-refractivity contribution in [2.75, 3.05) is 20.6 Å². The Morgan fingerprint density at radius 1 is 1.39 bits per heavy atom. The lowest BCUT2D eigenvalue weighted by Gasteiger charge is -2.25. The molecule has 2 heterocycles. The van der Waals surface area contributed by atoms with E-state index >= 15 is 0 Å². The molecule has 1 aromatic rings. The summed E-state index contributed by atoms with van der Waals surface area (Å²) in [5.74, 6) is -0.263. The number of rotatable bonds is 5. The molecule has 1 aromatic heterocycles. The largest absolute Gasteiger partial charge is 0.359 e. The van der Waals surface area contributed by atoms with E-state index in [9.17, 15) is 14.4 Å². The van der Waals surface area contributed by atoms with E-state index < -0.39 is 5.56 Å². The molecule has 7 nitrogen and oxygen atoms in total. The number of amides is 2. The molecular formula is C15H21ClN4O3. The van der Waals surface area contributed by atoms with Gasteiger partial charge in [0.25, 0.3) is 11.5 Å². The fraction of sp³-hybridized carbons (Fsp3) is 0.533. The van der Waals surface area contributed by atoms with Gasteiger partial charge in [-0.3, -0.25) is 19.3 Å². The first-order valence-electron chi connectivity index (χ1n) is 7.51. The number of H-pyrrole nitrogens is 1. The second-order valence-electron chi connectivity index (χ2n) is 5.70. The monoisotopic (exact) mass is 340 g/mol. The predicted molar refractivity (Wildman–Crippen MR) is 87.7 cm³/mol. The van der Waals surface area contributed by atoms with Gasteiger partial charge in [-0.25, -0.2) is 0 Å². The first-order chi connectivity index (χ1) is 10.9. The highest BCUT2D eigenvalue weighted by Crippen LogP contribution is 2.24. The molecule has 2 amide bonds. The summed E-state index contributed by atoms with van der Waals surface area (Å²) in [6.45, 7) is 0.482. The number of likely N-dealkylation sites (tertiary alicyclic amines) is 1. The molecule has 0 saturated carbocycles. The van der Waals surface area contributed by atoms with Gasteiger partial charge in [0.05, 0.1) is 5.56 Å². The van der Waals surface area contributed by atoms with Crippen LogP contribution < -0.4 is 16.2 Å². The number of hydrogen-bond donors (Lipinski definition) is 3. The molecule has 2 atom stereocenters. The van der Waals surface area contributed by atoms with Gasteiger partial charge in [0.15, 0.2) is 0 Å². The van der Waals surface area contributed by atoms with Gasteiger partial charge in [0.1, 0.15) is 5.02 Å². The van der Waals surface area contributed by atoms with Crippen molar-refractivity contribution < 1.29 is 9.59 Å². The Hall–Kier alpha value is -1.86. The maximum Gasteiger partial charge on any atom is 0.266 e. The molecule has 0 aliphatic carbocycles. The second-order valence-corrected chi connectivity index (χ2v) is 6.11. The first kappa shape index (κ1) is 17.5. The van der Waals surface area contributed by atoms with E-state index in [1.807, 2.05) is 7.05 Å². The number of halogens is 1. The smallest absolute Gasteiger partial charge is 0.266 e. The van der Waals surface area contributed by atoms with E-state index in [1.54, 1.807) is 7.05 Å². The van der Waals surface area contributed by atoms with E-state index in [2.05, 4.69) is 20.5 Å². The lowest BCUT2D eigenvalue weighted by atomic mass is 10.1. The highest BCUT2D eigenvalue weighted by atomic mass is 35.5. The molecule has 1 aliphatic rings. The summed E-state index contributed by atoms with van der Waals surface area (Å²) in [6, 6.07) is 1.73. The van der Waals surface area contributed by atoms with Crippen molar-refractivity contribution in [3.8, 4) is 0 Å². The Labute approximate surface area is 139 Å². The summed E-state index contributed by atoms with van der Waals surface area (Å²) in [7, 11) is 3.60. The van der Waals surface area contributed by atoms with Crippen molar-refractivity contribution in [2.24, 2.45) is 0 Å². The Kier molecular flexibility index (Phi) is 5.79. The normalized spacial score (nSPS) is 21.2. The third kappa shape index (κ3) is 4.33. The summed E-state index contributed by atoms with van der Waals surface area (Å²) in [6.07, 6.45) is 3.66. The van der Waals surface area contributed by atoms with Crippen molar-refractivity contribution in [3.05, 3.63) is 33.2 Å². The van der Waals surface area contributed by atoms with Gasteiger partial charge in [-0.15, -0.1) is 0 Å². The van der Waals surface area contributed by atoms with E-state index in [1.165, 1.54) is 12.3 Å². The van der Waals surface area contributed by atoms with Gasteiger partial charge in [0.2, 0.25) is 5.91 Å². The molecule has 0 radical (unpaired) electrons. The zero-order valence-electron chi connectivity index (χ0n) is 13.2. The molecule has 1 aliphatic heterocycles. The average Bonchev–Trinajstić information content (AvgIpc) is 2.88. The summed E-state index contributed by atoms with van der Waals surface area (Å²) in [5.41, 5.74) is -0.104. The van der Waals surface area contributed by atoms with Gasteiger partial charge in [-0.2, -0.15) is 0 Å². The minimum atomic E-state index is -0.421. The van der Waals surface area contributed by atoms with Crippen molar-refractivity contribution in [1.29, 1.82) is 0 Å². The lowest BCUT2D eigenvalue weighted by molar-refractivity contribution is -0.121. The van der Waals surface area contributed by atoms with Gasteiger partial charge in [0, 0.05) is 38.3 Å². The van der Waals surface area contributed by atoms with Crippen molar-refractivity contribution >= 4 is 23.4 Å². The zero-order chi connectivity index (χ0) is 17.0. The molecular weight excluding hydrogens is 320 g/mol. The van der Waals surface area contributed by atoms with E-state index in [0.29, 0.717) is 18.5 Å². The highest BCUT2D eigenvalue weighted by molar-refractivity contribution is 6.30. The van der Waals surface area contributed by atoms with Crippen LogP contribution >= 0.6 is 11.6 Å². The van der Waals surface area contributed by atoms with Crippen molar-refractivity contribution in [3.63, 3.8) is 0 Å². The minimum absolute atomic E-state index is 0.0127. The second kappa shape index (κ2) is 7.61. The van der Waals surface area contributed by atoms with Crippen LogP contribution in [0.3, 0.4) is 0 Å². The quantitative estimate of drug-likeness (QED) is 0.721. The van der Waals surface area contributed by atoms with Crippen molar-refractivity contribution in [2.45, 2.75) is 31.3 Å². The van der Waals surface area contributed by atoms with E-state index in [0.717, 1.165) is 12.8 Å². The summed E-state index contributed by atoms with van der Waals surface area (Å²) in [5, 5.41) is 5.46. The van der Waals surface area contributed by atoms with E-state index in [4.69, 9.17) is 11.6 Å². The van der Waals surface area contributed by atoms with Crippen LogP contribution in [0.1, 0.15) is 29.6 Å². The third-order valence-electron chi connectivity index (χ3n) is 4.30. The molecule has 0 bridgehead atoms. The molecule has 3 N–H and O–H groups in total. The fourth-order valence-corrected chi connectivity index (χ4v) is 2.97. The summed E-state index contributed by atoms with van der Waals surface area (Å²) in [4.78, 5) is 39.3. The zero-order valence-corrected chi connectivity index (χ0v) is 13.9. The van der Waals surface area contributed by atoms with Crippen LogP contribution in [0, 0.1) is 0 Å². The predicted octanol–water partition coefficient (Wildman–Crippen LogP) is 0.357. The first-order valence-corrected chi connectivity index (χ1v) is 7.89. The number of nitrogens with zero attached hydrogens (tertiary/aromatic N) is 1. The number of likely N-dealkylation sites (N-methyl/N-ethyl adjacent to an activating group) is 1. The molecule has 23 heavy (non-hydrogen) atoms. The van der Waals surface area contributed by atoms with Crippen LogP contribution in [-0.4, -0.2) is 54.4 Å². The van der Waals surface area contributed by atoms with Gasteiger partial charge >= 0.3 is 0 Å². The van der Waals surface area contributed by atoms with Crippen molar-refractivity contribution in [1.82, 2.24) is 20.5 Å². The lowest BCUT2D eigenvalue weighted by Crippen LogP contribution is -2.42. The molecule has 1 fully saturated rings. The Morgan fingerprint density at radius 3 is 2.74 bits per heavy atom. The van der Waals surface area contributed by atoms with Crippen LogP contribution in [0.25, 0.3) is 0 Å². The minimum Gasteiger partial charge on any atom is -0.359 e. The number of hydrogen-bond acceptors (Lipinski definition) is 4. The highest BCUT2D eigenvalue weighted by Gasteiger charge is 2.31. The van der Waals surface area contributed by atoms with Crippen LogP contribution in [0.2, 0.25) is 5.02 Å². The SMILES string of the molecule is CNC(=O)C[C@H]1CC[C@@H](CNC(=O)c2c[nH]c(=O)c(Cl)c2)N1C. The average molecular weight is 341 g/mol.